The second kappa shape index (κ2) is 5.55. The van der Waals surface area contributed by atoms with Crippen molar-refractivity contribution in [3.8, 4) is 6.01 Å². The van der Waals surface area contributed by atoms with Crippen molar-refractivity contribution in [2.24, 2.45) is 5.73 Å². The minimum atomic E-state index is -0.298. The molecule has 2 rings (SSSR count). The Morgan fingerprint density at radius 1 is 1.28 bits per heavy atom. The van der Waals surface area contributed by atoms with Crippen LogP contribution in [0.1, 0.15) is 16.8 Å². The van der Waals surface area contributed by atoms with E-state index in [1.807, 2.05) is 6.92 Å². The Morgan fingerprint density at radius 2 is 2.06 bits per heavy atom. The van der Waals surface area contributed by atoms with Crippen molar-refractivity contribution in [3.05, 3.63) is 53.1 Å². The number of nitrogens with two attached hydrogens (primary N) is 1. The van der Waals surface area contributed by atoms with E-state index in [9.17, 15) is 4.39 Å². The summed E-state index contributed by atoms with van der Waals surface area (Å²) in [5, 5.41) is 0. The molecule has 0 aliphatic heterocycles. The largest absolute Gasteiger partial charge is 0.458 e. The third-order valence-corrected chi connectivity index (χ3v) is 2.59. The maximum atomic E-state index is 13.4. The second-order valence-corrected chi connectivity index (χ2v) is 3.85. The summed E-state index contributed by atoms with van der Waals surface area (Å²) >= 11 is 0. The predicted octanol–water partition coefficient (Wildman–Crippen LogP) is 1.96. The van der Waals surface area contributed by atoms with Gasteiger partial charge >= 0.3 is 6.01 Å². The number of aromatic nitrogens is 2. The Labute approximate surface area is 105 Å². The van der Waals surface area contributed by atoms with E-state index in [4.69, 9.17) is 10.5 Å². The highest BCUT2D eigenvalue weighted by Gasteiger charge is 2.05. The van der Waals surface area contributed by atoms with Gasteiger partial charge in [0.25, 0.3) is 0 Å². The normalized spacial score (nSPS) is 10.4. The first-order valence-corrected chi connectivity index (χ1v) is 5.59. The van der Waals surface area contributed by atoms with Crippen molar-refractivity contribution < 1.29 is 9.13 Å². The summed E-state index contributed by atoms with van der Waals surface area (Å²) in [6.07, 6.45) is 1.62. The minimum absolute atomic E-state index is 0.105. The third-order valence-electron chi connectivity index (χ3n) is 2.59. The average Bonchev–Trinajstić information content (AvgIpc) is 2.38. The van der Waals surface area contributed by atoms with Crippen LogP contribution >= 0.6 is 0 Å². The summed E-state index contributed by atoms with van der Waals surface area (Å²) in [6, 6.07) is 6.67. The maximum absolute atomic E-state index is 13.4. The van der Waals surface area contributed by atoms with E-state index in [1.165, 1.54) is 6.07 Å². The van der Waals surface area contributed by atoms with Crippen LogP contribution < -0.4 is 10.5 Å². The van der Waals surface area contributed by atoms with Crippen LogP contribution in [-0.2, 0) is 13.2 Å². The highest BCUT2D eigenvalue weighted by molar-refractivity contribution is 5.19. The number of halogens is 1. The van der Waals surface area contributed by atoms with Crippen LogP contribution in [0.15, 0.2) is 30.5 Å². The van der Waals surface area contributed by atoms with E-state index in [0.29, 0.717) is 12.1 Å². The van der Waals surface area contributed by atoms with E-state index in [2.05, 4.69) is 9.97 Å². The molecule has 2 N–H and O–H groups in total. The number of aryl methyl sites for hydroxylation is 1. The molecule has 0 amide bonds. The van der Waals surface area contributed by atoms with Crippen LogP contribution in [0.5, 0.6) is 6.01 Å². The fraction of sp³-hybridized carbons (Fsp3) is 0.231. The molecule has 0 saturated heterocycles. The standard InChI is InChI=1S/C13H14FN3O/c1-9-11(6-15)7-16-13(17-9)18-8-10-4-2-3-5-12(10)14/h2-5,7H,6,8,15H2,1H3. The van der Waals surface area contributed by atoms with Crippen LogP contribution in [0.25, 0.3) is 0 Å². The van der Waals surface area contributed by atoms with Gasteiger partial charge in [0.2, 0.25) is 0 Å². The first-order chi connectivity index (χ1) is 8.70. The van der Waals surface area contributed by atoms with Gasteiger partial charge in [-0.1, -0.05) is 18.2 Å². The van der Waals surface area contributed by atoms with Crippen LogP contribution in [-0.4, -0.2) is 9.97 Å². The first-order valence-electron chi connectivity index (χ1n) is 5.59. The topological polar surface area (TPSA) is 61.0 Å². The molecule has 0 radical (unpaired) electrons. The Kier molecular flexibility index (Phi) is 3.84. The van der Waals surface area contributed by atoms with Gasteiger partial charge in [-0.3, -0.25) is 0 Å². The molecule has 0 aliphatic rings. The summed E-state index contributed by atoms with van der Waals surface area (Å²) < 4.78 is 18.7. The number of ether oxygens (including phenoxy) is 1. The maximum Gasteiger partial charge on any atom is 0.316 e. The third kappa shape index (κ3) is 2.81. The molecule has 0 saturated carbocycles. The quantitative estimate of drug-likeness (QED) is 0.897. The van der Waals surface area contributed by atoms with Crippen molar-refractivity contribution in [2.75, 3.05) is 0 Å². The highest BCUT2D eigenvalue weighted by Crippen LogP contribution is 2.12. The SMILES string of the molecule is Cc1nc(OCc2ccccc2F)ncc1CN. The van der Waals surface area contributed by atoms with E-state index in [0.717, 1.165) is 11.3 Å². The fourth-order valence-corrected chi connectivity index (χ4v) is 1.50. The lowest BCUT2D eigenvalue weighted by atomic mass is 10.2. The molecule has 94 valence electrons. The van der Waals surface area contributed by atoms with Crippen LogP contribution in [0.2, 0.25) is 0 Å². The monoisotopic (exact) mass is 247 g/mol. The zero-order chi connectivity index (χ0) is 13.0. The van der Waals surface area contributed by atoms with Gasteiger partial charge < -0.3 is 10.5 Å². The molecule has 0 fully saturated rings. The minimum Gasteiger partial charge on any atom is -0.458 e. The van der Waals surface area contributed by atoms with Gasteiger partial charge in [-0.15, -0.1) is 0 Å². The second-order valence-electron chi connectivity index (χ2n) is 3.85. The van der Waals surface area contributed by atoms with Crippen LogP contribution in [0.4, 0.5) is 4.39 Å². The molecule has 5 heteroatoms. The average molecular weight is 247 g/mol. The van der Waals surface area contributed by atoms with Crippen molar-refractivity contribution in [2.45, 2.75) is 20.1 Å². The van der Waals surface area contributed by atoms with Crippen LogP contribution in [0, 0.1) is 12.7 Å². The van der Waals surface area contributed by atoms with Gasteiger partial charge in [-0.2, -0.15) is 0 Å². The predicted molar refractivity (Wildman–Crippen MR) is 65.4 cm³/mol. The van der Waals surface area contributed by atoms with Crippen molar-refractivity contribution in [1.82, 2.24) is 9.97 Å². The Bertz CT molecular complexity index is 546. The molecule has 0 atom stereocenters. The molecule has 0 bridgehead atoms. The fourth-order valence-electron chi connectivity index (χ4n) is 1.50. The van der Waals surface area contributed by atoms with Gasteiger partial charge in [-0.25, -0.2) is 14.4 Å². The molecule has 18 heavy (non-hydrogen) atoms. The van der Waals surface area contributed by atoms with E-state index in [-0.39, 0.29) is 18.4 Å². The molecule has 2 aromatic rings. The van der Waals surface area contributed by atoms with Gasteiger partial charge in [0.15, 0.2) is 0 Å². The summed E-state index contributed by atoms with van der Waals surface area (Å²) in [4.78, 5) is 8.17. The Balaban J connectivity index is 2.07. The molecular formula is C13H14FN3O. The van der Waals surface area contributed by atoms with Gasteiger partial charge in [0.05, 0.1) is 0 Å². The molecule has 0 unspecified atom stereocenters. The Morgan fingerprint density at radius 3 is 2.72 bits per heavy atom. The first kappa shape index (κ1) is 12.4. The molecule has 1 aromatic heterocycles. The van der Waals surface area contributed by atoms with Gasteiger partial charge in [-0.05, 0) is 13.0 Å². The van der Waals surface area contributed by atoms with Crippen molar-refractivity contribution >= 4 is 0 Å². The number of hydrogen-bond donors (Lipinski definition) is 1. The molecule has 0 spiro atoms. The lowest BCUT2D eigenvalue weighted by Gasteiger charge is -2.07. The zero-order valence-corrected chi connectivity index (χ0v) is 10.1. The van der Waals surface area contributed by atoms with E-state index >= 15 is 0 Å². The lowest BCUT2D eigenvalue weighted by molar-refractivity contribution is 0.274. The zero-order valence-electron chi connectivity index (χ0n) is 10.1. The summed E-state index contributed by atoms with van der Waals surface area (Å²) in [6.45, 7) is 2.33. The molecule has 1 heterocycles. The highest BCUT2D eigenvalue weighted by atomic mass is 19.1. The Hall–Kier alpha value is -2.01. The number of hydrogen-bond acceptors (Lipinski definition) is 4. The smallest absolute Gasteiger partial charge is 0.316 e. The lowest BCUT2D eigenvalue weighted by Crippen LogP contribution is -2.06. The summed E-state index contributed by atoms with van der Waals surface area (Å²) in [5.74, 6) is -0.298. The van der Waals surface area contributed by atoms with Crippen molar-refractivity contribution in [1.29, 1.82) is 0 Å². The van der Waals surface area contributed by atoms with Gasteiger partial charge in [0.1, 0.15) is 12.4 Å². The molecule has 1 aromatic carbocycles. The number of rotatable bonds is 4. The van der Waals surface area contributed by atoms with Crippen molar-refractivity contribution in [3.63, 3.8) is 0 Å². The van der Waals surface area contributed by atoms with Crippen LogP contribution in [0.3, 0.4) is 0 Å². The number of benzene rings is 1. The van der Waals surface area contributed by atoms with E-state index in [1.54, 1.807) is 24.4 Å². The molecule has 4 nitrogen and oxygen atoms in total. The van der Waals surface area contributed by atoms with E-state index < -0.39 is 0 Å². The van der Waals surface area contributed by atoms with Gasteiger partial charge in [0, 0.05) is 29.6 Å². The summed E-state index contributed by atoms with van der Waals surface area (Å²) in [7, 11) is 0. The number of nitrogens with zero attached hydrogens (tertiary/aromatic N) is 2. The summed E-state index contributed by atoms with van der Waals surface area (Å²) in [5.41, 5.74) is 7.63. The molecule has 0 aliphatic carbocycles. The molecular weight excluding hydrogens is 233 g/mol.